The van der Waals surface area contributed by atoms with E-state index in [4.69, 9.17) is 0 Å². The fourth-order valence-corrected chi connectivity index (χ4v) is 18.3. The number of ketones is 1. The predicted molar refractivity (Wildman–Crippen MR) is 256 cm³/mol. The smallest absolute Gasteiger partial charge is 0.155 e. The summed E-state index contributed by atoms with van der Waals surface area (Å²) in [7, 11) is 0. The molecule has 3 fully saturated rings. The normalized spacial score (nSPS) is 36.5. The SMILES string of the molecule is C[C@@H]1C=C[C@]23CCN(Cc4c2sc2ccccc42)[C@H]3C1.C[C@H]1C=C[C@]23CCN(Cc4c2sc2ccccc42)[C@H]3C1.O=C1C=C[C@]23CCN(Cc4c2sc2ccccc42)[C@H]3CC1. The Labute approximate surface area is 372 Å². The molecule has 0 spiro atoms. The summed E-state index contributed by atoms with van der Waals surface area (Å²) in [5.74, 6) is 1.78. The molecule has 6 bridgehead atoms. The summed E-state index contributed by atoms with van der Waals surface area (Å²) >= 11 is 6.07. The van der Waals surface area contributed by atoms with E-state index in [0.717, 1.165) is 36.9 Å². The number of carbonyl (C=O) groups excluding carboxylic acids is 1. The number of allylic oxidation sites excluding steroid dienone is 3. The Morgan fingerprint density at radius 2 is 0.918 bits per heavy atom. The van der Waals surface area contributed by atoms with Crippen LogP contribution in [0, 0.1) is 11.8 Å². The molecular formula is C54H55N3OS3. The van der Waals surface area contributed by atoms with Gasteiger partial charge in [0.05, 0.1) is 0 Å². The van der Waals surface area contributed by atoms with E-state index in [9.17, 15) is 4.79 Å². The van der Waals surface area contributed by atoms with Gasteiger partial charge in [-0.2, -0.15) is 0 Å². The molecule has 310 valence electrons. The lowest BCUT2D eigenvalue weighted by Crippen LogP contribution is -2.47. The molecule has 3 unspecified atom stereocenters. The van der Waals surface area contributed by atoms with Crippen LogP contribution in [-0.4, -0.2) is 58.2 Å². The quantitative estimate of drug-likeness (QED) is 0.142. The van der Waals surface area contributed by atoms with Gasteiger partial charge in [0.1, 0.15) is 0 Å². The van der Waals surface area contributed by atoms with E-state index in [-0.39, 0.29) is 5.41 Å². The van der Waals surface area contributed by atoms with Crippen LogP contribution in [0.5, 0.6) is 0 Å². The second kappa shape index (κ2) is 13.9. The van der Waals surface area contributed by atoms with Crippen LogP contribution in [-0.2, 0) is 40.7 Å². The fourth-order valence-electron chi connectivity index (χ4n) is 13.9. The van der Waals surface area contributed by atoms with Gasteiger partial charge in [0.15, 0.2) is 5.78 Å². The van der Waals surface area contributed by atoms with Gasteiger partial charge in [0.2, 0.25) is 0 Å². The van der Waals surface area contributed by atoms with Crippen LogP contribution in [0.3, 0.4) is 0 Å². The number of thiophene rings is 3. The zero-order chi connectivity index (χ0) is 40.7. The van der Waals surface area contributed by atoms with Crippen LogP contribution in [0.15, 0.2) is 109 Å². The van der Waals surface area contributed by atoms with Crippen LogP contribution >= 0.6 is 34.0 Å². The number of hydrogen-bond donors (Lipinski definition) is 0. The van der Waals surface area contributed by atoms with Crippen LogP contribution in [0.4, 0.5) is 0 Å². The third kappa shape index (κ3) is 5.47. The van der Waals surface area contributed by atoms with E-state index in [0.29, 0.717) is 29.1 Å². The van der Waals surface area contributed by atoms with E-state index < -0.39 is 0 Å². The number of rotatable bonds is 0. The highest BCUT2D eigenvalue weighted by Gasteiger charge is 2.56. The standard InChI is InChI=1S/C18H17NOS.2C18H19NS/c20-12-5-6-16-18(8-7-12)9-10-19(16)11-14-13-3-1-2-4-15(13)21-17(14)18;2*1-12-6-7-18-8-9-19(16(18)10-12)11-14-13-4-2-3-5-15(13)20-17(14)18/h1-4,7-8,16H,5-6,9-11H2;2*2-7,12,16H,8-11H2,1H3/t16-,18+;12-,16+,18-;12-,16-,18+/m010/s1. The summed E-state index contributed by atoms with van der Waals surface area (Å²) < 4.78 is 4.35. The van der Waals surface area contributed by atoms with Gasteiger partial charge in [0.25, 0.3) is 0 Å². The van der Waals surface area contributed by atoms with Gasteiger partial charge < -0.3 is 0 Å². The van der Waals surface area contributed by atoms with Crippen LogP contribution < -0.4 is 0 Å². The van der Waals surface area contributed by atoms with E-state index in [1.807, 2.05) is 17.4 Å². The molecule has 6 aromatic rings. The van der Waals surface area contributed by atoms with Gasteiger partial charge in [-0.15, -0.1) is 34.0 Å². The molecule has 0 amide bonds. The highest BCUT2D eigenvalue weighted by molar-refractivity contribution is 7.20. The van der Waals surface area contributed by atoms with Crippen molar-refractivity contribution in [1.29, 1.82) is 0 Å². The number of hydrogen-bond acceptors (Lipinski definition) is 7. The lowest BCUT2D eigenvalue weighted by atomic mass is 9.69. The van der Waals surface area contributed by atoms with Gasteiger partial charge in [-0.3, -0.25) is 19.5 Å². The van der Waals surface area contributed by atoms with Crippen molar-refractivity contribution in [3.63, 3.8) is 0 Å². The monoisotopic (exact) mass is 857 g/mol. The molecule has 0 saturated carbocycles. The topological polar surface area (TPSA) is 26.8 Å². The first-order valence-electron chi connectivity index (χ1n) is 23.2. The van der Waals surface area contributed by atoms with Crippen molar-refractivity contribution >= 4 is 70.1 Å². The van der Waals surface area contributed by atoms with Crippen LogP contribution in [0.2, 0.25) is 0 Å². The first-order valence-corrected chi connectivity index (χ1v) is 25.6. The highest BCUT2D eigenvalue weighted by atomic mass is 32.1. The van der Waals surface area contributed by atoms with Gasteiger partial charge in [-0.05, 0) is 107 Å². The lowest BCUT2D eigenvalue weighted by molar-refractivity contribution is -0.114. The Bertz CT molecular complexity index is 2730. The van der Waals surface area contributed by atoms with E-state index in [1.54, 1.807) is 20.9 Å². The Hall–Kier alpha value is -3.69. The third-order valence-electron chi connectivity index (χ3n) is 16.9. The first-order chi connectivity index (χ1) is 29.8. The molecule has 3 aliphatic carbocycles. The summed E-state index contributed by atoms with van der Waals surface area (Å²) in [6, 6.07) is 28.8. The van der Waals surface area contributed by atoms with E-state index in [2.05, 4.69) is 154 Å². The van der Waals surface area contributed by atoms with Crippen molar-refractivity contribution in [3.05, 3.63) is 141 Å². The molecule has 3 saturated heterocycles. The summed E-state index contributed by atoms with van der Waals surface area (Å²) in [5.41, 5.74) is 5.54. The molecule has 0 radical (unpaired) electrons. The molecule has 9 aliphatic rings. The molecule has 3 aromatic carbocycles. The molecular weight excluding hydrogens is 803 g/mol. The number of benzene rings is 3. The molecule has 9 heterocycles. The minimum atomic E-state index is 0.101. The zero-order valence-corrected chi connectivity index (χ0v) is 37.9. The number of fused-ring (bicyclic) bond motifs is 9. The highest BCUT2D eigenvalue weighted by Crippen LogP contribution is 2.58. The molecule has 7 heteroatoms. The van der Waals surface area contributed by atoms with Crippen LogP contribution in [0.25, 0.3) is 30.3 Å². The average Bonchev–Trinajstić information content (AvgIpc) is 4.10. The zero-order valence-electron chi connectivity index (χ0n) is 35.4. The number of carbonyl (C=O) groups is 1. The van der Waals surface area contributed by atoms with E-state index in [1.165, 1.54) is 106 Å². The third-order valence-corrected chi connectivity index (χ3v) is 21.1. The fraction of sp³-hybridized carbons (Fsp3) is 0.426. The Kier molecular flexibility index (Phi) is 8.62. The molecule has 3 aromatic heterocycles. The molecule has 6 aliphatic heterocycles. The molecule has 11 atom stereocenters. The van der Waals surface area contributed by atoms with Crippen molar-refractivity contribution < 1.29 is 4.79 Å². The maximum atomic E-state index is 11.9. The average molecular weight is 858 g/mol. The summed E-state index contributed by atoms with van der Waals surface area (Å²) in [4.78, 5) is 24.9. The van der Waals surface area contributed by atoms with Gasteiger partial charge in [0, 0.05) is 109 Å². The maximum absolute atomic E-state index is 11.9. The Morgan fingerprint density at radius 1 is 0.525 bits per heavy atom. The summed E-state index contributed by atoms with van der Waals surface area (Å²) in [6.07, 6.45) is 22.4. The van der Waals surface area contributed by atoms with Gasteiger partial charge >= 0.3 is 0 Å². The van der Waals surface area contributed by atoms with E-state index >= 15 is 0 Å². The second-order valence-corrected chi connectivity index (χ2v) is 23.2. The van der Waals surface area contributed by atoms with Crippen molar-refractivity contribution in [3.8, 4) is 0 Å². The van der Waals surface area contributed by atoms with Crippen molar-refractivity contribution in [2.75, 3.05) is 19.6 Å². The minimum absolute atomic E-state index is 0.101. The van der Waals surface area contributed by atoms with Gasteiger partial charge in [-0.1, -0.05) is 98.8 Å². The summed E-state index contributed by atoms with van der Waals surface area (Å²) in [6.45, 7) is 11.9. The maximum Gasteiger partial charge on any atom is 0.155 e. The Balaban J connectivity index is 0.0000000936. The van der Waals surface area contributed by atoms with Gasteiger partial charge in [-0.25, -0.2) is 0 Å². The molecule has 0 N–H and O–H groups in total. The van der Waals surface area contributed by atoms with Crippen molar-refractivity contribution in [1.82, 2.24) is 14.7 Å². The molecule has 61 heavy (non-hydrogen) atoms. The minimum Gasteiger partial charge on any atom is -0.295 e. The molecule has 15 rings (SSSR count). The van der Waals surface area contributed by atoms with Crippen molar-refractivity contribution in [2.24, 2.45) is 11.8 Å². The predicted octanol–water partition coefficient (Wildman–Crippen LogP) is 12.3. The van der Waals surface area contributed by atoms with Crippen molar-refractivity contribution in [2.45, 2.75) is 113 Å². The second-order valence-electron chi connectivity index (χ2n) is 20.0. The lowest BCUT2D eigenvalue weighted by Gasteiger charge is -2.44. The Morgan fingerprint density at radius 3 is 1.36 bits per heavy atom. The molecule has 4 nitrogen and oxygen atoms in total. The first kappa shape index (κ1) is 37.8. The van der Waals surface area contributed by atoms with Crippen LogP contribution in [0.1, 0.15) is 90.1 Å². The summed E-state index contributed by atoms with van der Waals surface area (Å²) in [5, 5.41) is 4.43. The number of nitrogens with zero attached hydrogens (tertiary/aromatic N) is 3. The largest absolute Gasteiger partial charge is 0.295 e.